The molecule has 0 N–H and O–H groups in total. The molecule has 1 fully saturated rings. The third-order valence-corrected chi connectivity index (χ3v) is 4.29. The fourth-order valence-electron chi connectivity index (χ4n) is 3.34. The molecule has 0 radical (unpaired) electrons. The molecule has 5 heteroatoms. The molecule has 0 bridgehead atoms. The SMILES string of the molecule is CCCc1c(C(=O)N2C[C@@H](C)O[C@H](C)C2)cnn1-c1ccccc1. The molecule has 5 nitrogen and oxygen atoms in total. The number of hydrogen-bond donors (Lipinski definition) is 0. The number of nitrogens with zero attached hydrogens (tertiary/aromatic N) is 3. The minimum absolute atomic E-state index is 0.0580. The van der Waals surface area contributed by atoms with Gasteiger partial charge in [0.25, 0.3) is 5.91 Å². The number of ether oxygens (including phenoxy) is 1. The highest BCUT2D eigenvalue weighted by Gasteiger charge is 2.29. The third kappa shape index (κ3) is 3.36. The Hall–Kier alpha value is -2.14. The summed E-state index contributed by atoms with van der Waals surface area (Å²) >= 11 is 0. The van der Waals surface area contributed by atoms with Crippen molar-refractivity contribution in [1.82, 2.24) is 14.7 Å². The standard InChI is InChI=1S/C19H25N3O2/c1-4-8-18-17(11-20-22(18)16-9-6-5-7-10-16)19(23)21-12-14(2)24-15(3)13-21/h5-7,9-11,14-15H,4,8,12-13H2,1-3H3/t14-,15-/m1/s1. The summed E-state index contributed by atoms with van der Waals surface area (Å²) in [5, 5.41) is 4.50. The maximum atomic E-state index is 13.0. The minimum Gasteiger partial charge on any atom is -0.372 e. The first kappa shape index (κ1) is 16.7. The summed E-state index contributed by atoms with van der Waals surface area (Å²) in [5.41, 5.74) is 2.69. The van der Waals surface area contributed by atoms with E-state index in [2.05, 4.69) is 12.0 Å². The molecule has 24 heavy (non-hydrogen) atoms. The smallest absolute Gasteiger partial charge is 0.257 e. The molecule has 1 aliphatic heterocycles. The maximum absolute atomic E-state index is 13.0. The second-order valence-electron chi connectivity index (χ2n) is 6.47. The van der Waals surface area contributed by atoms with E-state index in [1.165, 1.54) is 0 Å². The quantitative estimate of drug-likeness (QED) is 0.867. The van der Waals surface area contributed by atoms with Gasteiger partial charge in [0.2, 0.25) is 0 Å². The number of para-hydroxylation sites is 1. The predicted molar refractivity (Wildman–Crippen MR) is 93.5 cm³/mol. The zero-order valence-corrected chi connectivity index (χ0v) is 14.6. The Labute approximate surface area is 143 Å². The van der Waals surface area contributed by atoms with Crippen LogP contribution in [0.25, 0.3) is 5.69 Å². The van der Waals surface area contributed by atoms with E-state index in [0.717, 1.165) is 24.2 Å². The van der Waals surface area contributed by atoms with E-state index in [9.17, 15) is 4.79 Å². The number of carbonyl (C=O) groups excluding carboxylic acids is 1. The largest absolute Gasteiger partial charge is 0.372 e. The second-order valence-corrected chi connectivity index (χ2v) is 6.47. The lowest BCUT2D eigenvalue weighted by atomic mass is 10.1. The van der Waals surface area contributed by atoms with Crippen molar-refractivity contribution in [2.45, 2.75) is 45.8 Å². The lowest BCUT2D eigenvalue weighted by Gasteiger charge is -2.35. The van der Waals surface area contributed by atoms with Crippen LogP contribution >= 0.6 is 0 Å². The number of carbonyl (C=O) groups is 1. The van der Waals surface area contributed by atoms with Gasteiger partial charge in [-0.3, -0.25) is 4.79 Å². The van der Waals surface area contributed by atoms with Gasteiger partial charge in [-0.25, -0.2) is 4.68 Å². The van der Waals surface area contributed by atoms with Crippen LogP contribution in [0, 0.1) is 0 Å². The molecule has 3 rings (SSSR count). The molecular formula is C19H25N3O2. The second kappa shape index (κ2) is 7.18. The first-order valence-electron chi connectivity index (χ1n) is 8.67. The Balaban J connectivity index is 1.93. The van der Waals surface area contributed by atoms with Gasteiger partial charge in [-0.05, 0) is 32.4 Å². The van der Waals surface area contributed by atoms with Crippen molar-refractivity contribution in [2.24, 2.45) is 0 Å². The van der Waals surface area contributed by atoms with Crippen molar-refractivity contribution in [2.75, 3.05) is 13.1 Å². The average Bonchev–Trinajstić information content (AvgIpc) is 2.98. The lowest BCUT2D eigenvalue weighted by Crippen LogP contribution is -2.48. The fourth-order valence-corrected chi connectivity index (χ4v) is 3.34. The Morgan fingerprint density at radius 3 is 2.50 bits per heavy atom. The minimum atomic E-state index is 0.0580. The normalized spacial score (nSPS) is 21.0. The third-order valence-electron chi connectivity index (χ3n) is 4.29. The molecule has 0 saturated carbocycles. The molecule has 1 aromatic heterocycles. The van der Waals surface area contributed by atoms with Crippen LogP contribution in [0.1, 0.15) is 43.2 Å². The summed E-state index contributed by atoms with van der Waals surface area (Å²) in [6.45, 7) is 7.40. The van der Waals surface area contributed by atoms with Crippen LogP contribution in [-0.4, -0.2) is 45.9 Å². The summed E-state index contributed by atoms with van der Waals surface area (Å²) in [4.78, 5) is 14.9. The molecule has 0 unspecified atom stereocenters. The number of aromatic nitrogens is 2. The van der Waals surface area contributed by atoms with E-state index >= 15 is 0 Å². The number of benzene rings is 1. The summed E-state index contributed by atoms with van der Waals surface area (Å²) in [7, 11) is 0. The highest BCUT2D eigenvalue weighted by Crippen LogP contribution is 2.20. The van der Waals surface area contributed by atoms with Gasteiger partial charge in [0.1, 0.15) is 0 Å². The maximum Gasteiger partial charge on any atom is 0.257 e. The van der Waals surface area contributed by atoms with Crippen molar-refractivity contribution in [3.8, 4) is 5.69 Å². The van der Waals surface area contributed by atoms with E-state index < -0.39 is 0 Å². The zero-order chi connectivity index (χ0) is 17.1. The van der Waals surface area contributed by atoms with Crippen molar-refractivity contribution in [3.63, 3.8) is 0 Å². The van der Waals surface area contributed by atoms with Gasteiger partial charge >= 0.3 is 0 Å². The van der Waals surface area contributed by atoms with Crippen LogP contribution in [-0.2, 0) is 11.2 Å². The van der Waals surface area contributed by atoms with Crippen molar-refractivity contribution in [3.05, 3.63) is 47.8 Å². The Morgan fingerprint density at radius 1 is 1.21 bits per heavy atom. The van der Waals surface area contributed by atoms with Crippen molar-refractivity contribution in [1.29, 1.82) is 0 Å². The average molecular weight is 327 g/mol. The molecule has 128 valence electrons. The number of morpholine rings is 1. The van der Waals surface area contributed by atoms with E-state index in [1.54, 1.807) is 6.20 Å². The van der Waals surface area contributed by atoms with Crippen molar-refractivity contribution < 1.29 is 9.53 Å². The Bertz CT molecular complexity index is 686. The van der Waals surface area contributed by atoms with Gasteiger partial charge in [0, 0.05) is 13.1 Å². The topological polar surface area (TPSA) is 47.4 Å². The summed E-state index contributed by atoms with van der Waals surface area (Å²) < 4.78 is 7.63. The van der Waals surface area contributed by atoms with Crippen LogP contribution in [0.15, 0.2) is 36.5 Å². The summed E-state index contributed by atoms with van der Waals surface area (Å²) in [5.74, 6) is 0.0580. The Morgan fingerprint density at radius 2 is 1.88 bits per heavy atom. The van der Waals surface area contributed by atoms with E-state index in [0.29, 0.717) is 18.7 Å². The van der Waals surface area contributed by atoms with Gasteiger partial charge in [-0.2, -0.15) is 5.10 Å². The monoisotopic (exact) mass is 327 g/mol. The number of rotatable bonds is 4. The molecule has 0 aliphatic carbocycles. The van der Waals surface area contributed by atoms with Crippen LogP contribution in [0.3, 0.4) is 0 Å². The van der Waals surface area contributed by atoms with Gasteiger partial charge in [-0.1, -0.05) is 31.5 Å². The molecule has 1 amide bonds. The highest BCUT2D eigenvalue weighted by molar-refractivity contribution is 5.95. The number of hydrogen-bond acceptors (Lipinski definition) is 3. The zero-order valence-electron chi connectivity index (χ0n) is 14.6. The number of amides is 1. The predicted octanol–water partition coefficient (Wildman–Crippen LogP) is 3.07. The Kier molecular flexibility index (Phi) is 5.00. The first-order chi connectivity index (χ1) is 11.6. The highest BCUT2D eigenvalue weighted by atomic mass is 16.5. The van der Waals surface area contributed by atoms with Crippen molar-refractivity contribution >= 4 is 5.91 Å². The first-order valence-corrected chi connectivity index (χ1v) is 8.67. The van der Waals surface area contributed by atoms with E-state index in [4.69, 9.17) is 4.74 Å². The van der Waals surface area contributed by atoms with Crippen LogP contribution in [0.5, 0.6) is 0 Å². The molecule has 1 aromatic carbocycles. The molecule has 2 atom stereocenters. The molecule has 1 saturated heterocycles. The van der Waals surface area contributed by atoms with E-state index in [-0.39, 0.29) is 18.1 Å². The molecule has 2 aromatic rings. The molecule has 1 aliphatic rings. The fraction of sp³-hybridized carbons (Fsp3) is 0.474. The van der Waals surface area contributed by atoms with Crippen LogP contribution < -0.4 is 0 Å². The lowest BCUT2D eigenvalue weighted by molar-refractivity contribution is -0.0586. The molecule has 2 heterocycles. The molecular weight excluding hydrogens is 302 g/mol. The van der Waals surface area contributed by atoms with Crippen LogP contribution in [0.4, 0.5) is 0 Å². The molecule has 0 spiro atoms. The van der Waals surface area contributed by atoms with Gasteiger partial charge < -0.3 is 9.64 Å². The van der Waals surface area contributed by atoms with Crippen LogP contribution in [0.2, 0.25) is 0 Å². The summed E-state index contributed by atoms with van der Waals surface area (Å²) in [6, 6.07) is 9.98. The van der Waals surface area contributed by atoms with Gasteiger partial charge in [-0.15, -0.1) is 0 Å². The summed E-state index contributed by atoms with van der Waals surface area (Å²) in [6.07, 6.45) is 3.64. The van der Waals surface area contributed by atoms with E-state index in [1.807, 2.05) is 53.8 Å². The van der Waals surface area contributed by atoms with Gasteiger partial charge in [0.15, 0.2) is 0 Å². The van der Waals surface area contributed by atoms with Gasteiger partial charge in [0.05, 0.1) is 35.3 Å².